The van der Waals surface area contributed by atoms with Crippen LogP contribution in [0.15, 0.2) is 0 Å². The molecule has 2 heterocycles. The first-order valence-electron chi connectivity index (χ1n) is 6.50. The van der Waals surface area contributed by atoms with Gasteiger partial charge < -0.3 is 9.84 Å². The number of morpholine rings is 1. The number of nitrogens with zero attached hydrogens (tertiary/aromatic N) is 3. The van der Waals surface area contributed by atoms with E-state index in [0.29, 0.717) is 13.2 Å². The number of aryl methyl sites for hydroxylation is 2. The maximum Gasteiger partial charge on any atom is 0.334 e. The number of aliphatic carboxylic acids is 1. The molecule has 6 nitrogen and oxygen atoms in total. The molecule has 0 radical (unpaired) electrons. The van der Waals surface area contributed by atoms with E-state index in [-0.39, 0.29) is 6.04 Å². The number of aromatic nitrogens is 2. The fraction of sp³-hybridized carbons (Fsp3) is 0.692. The highest BCUT2D eigenvalue weighted by Crippen LogP contribution is 2.27. The molecule has 1 aliphatic rings. The zero-order valence-electron chi connectivity index (χ0n) is 11.9. The monoisotopic (exact) mass is 267 g/mol. The topological polar surface area (TPSA) is 67.6 Å². The molecule has 1 aliphatic heterocycles. The van der Waals surface area contributed by atoms with Gasteiger partial charge in [-0.15, -0.1) is 0 Å². The maximum absolute atomic E-state index is 11.0. The van der Waals surface area contributed by atoms with Gasteiger partial charge in [0.15, 0.2) is 6.10 Å². The van der Waals surface area contributed by atoms with Gasteiger partial charge in [0, 0.05) is 37.4 Å². The second-order valence-corrected chi connectivity index (χ2v) is 5.08. The first-order valence-corrected chi connectivity index (χ1v) is 6.50. The molecule has 0 amide bonds. The largest absolute Gasteiger partial charge is 0.479 e. The van der Waals surface area contributed by atoms with Crippen molar-refractivity contribution < 1.29 is 14.6 Å². The van der Waals surface area contributed by atoms with Gasteiger partial charge in [0.25, 0.3) is 0 Å². The maximum atomic E-state index is 11.0. The Morgan fingerprint density at radius 2 is 2.21 bits per heavy atom. The molecular weight excluding hydrogens is 246 g/mol. The van der Waals surface area contributed by atoms with E-state index in [1.165, 1.54) is 5.56 Å². The van der Waals surface area contributed by atoms with Crippen molar-refractivity contribution in [2.45, 2.75) is 32.9 Å². The van der Waals surface area contributed by atoms with Crippen LogP contribution in [0.2, 0.25) is 0 Å². The first-order chi connectivity index (χ1) is 8.91. The summed E-state index contributed by atoms with van der Waals surface area (Å²) in [7, 11) is 1.93. The van der Waals surface area contributed by atoms with Crippen LogP contribution in [0.25, 0.3) is 0 Å². The van der Waals surface area contributed by atoms with Gasteiger partial charge in [-0.3, -0.25) is 9.58 Å². The zero-order valence-corrected chi connectivity index (χ0v) is 11.9. The summed E-state index contributed by atoms with van der Waals surface area (Å²) in [6.07, 6.45) is -0.728. The molecule has 1 saturated heterocycles. The van der Waals surface area contributed by atoms with Gasteiger partial charge in [0.1, 0.15) is 0 Å². The molecule has 6 heteroatoms. The van der Waals surface area contributed by atoms with Crippen LogP contribution >= 0.6 is 0 Å². The highest BCUT2D eigenvalue weighted by molar-refractivity contribution is 5.72. The number of carboxylic acids is 1. The third kappa shape index (κ3) is 2.64. The van der Waals surface area contributed by atoms with Crippen molar-refractivity contribution in [3.8, 4) is 0 Å². The molecule has 106 valence electrons. The molecule has 19 heavy (non-hydrogen) atoms. The molecule has 0 spiro atoms. The summed E-state index contributed by atoms with van der Waals surface area (Å²) in [4.78, 5) is 13.2. The Morgan fingerprint density at radius 3 is 2.74 bits per heavy atom. The van der Waals surface area contributed by atoms with Crippen LogP contribution in [-0.2, 0) is 16.6 Å². The Bertz CT molecular complexity index is 484. The molecule has 2 unspecified atom stereocenters. The lowest BCUT2D eigenvalue weighted by molar-refractivity contribution is -0.157. The third-order valence-corrected chi connectivity index (χ3v) is 3.90. The van der Waals surface area contributed by atoms with Gasteiger partial charge >= 0.3 is 5.97 Å². The fourth-order valence-electron chi connectivity index (χ4n) is 2.75. The van der Waals surface area contributed by atoms with Crippen LogP contribution in [0.3, 0.4) is 0 Å². The van der Waals surface area contributed by atoms with E-state index in [9.17, 15) is 4.79 Å². The van der Waals surface area contributed by atoms with E-state index in [0.717, 1.165) is 17.9 Å². The minimum atomic E-state index is -0.892. The molecule has 1 aromatic rings. The van der Waals surface area contributed by atoms with Crippen LogP contribution in [0.4, 0.5) is 0 Å². The van der Waals surface area contributed by atoms with Crippen molar-refractivity contribution in [1.29, 1.82) is 0 Å². The van der Waals surface area contributed by atoms with Crippen molar-refractivity contribution in [3.05, 3.63) is 17.0 Å². The number of ether oxygens (including phenoxy) is 1. The van der Waals surface area contributed by atoms with E-state index in [4.69, 9.17) is 9.84 Å². The van der Waals surface area contributed by atoms with Crippen LogP contribution in [-0.4, -0.2) is 51.6 Å². The SMILES string of the molecule is Cc1nn(C)c(C)c1C(C)N1CCOC(C(=O)O)C1. The summed E-state index contributed by atoms with van der Waals surface area (Å²) in [6.45, 7) is 7.76. The smallest absolute Gasteiger partial charge is 0.334 e. The molecule has 2 atom stereocenters. The number of hydrogen-bond donors (Lipinski definition) is 1. The van der Waals surface area contributed by atoms with Gasteiger partial charge in [-0.25, -0.2) is 4.79 Å². The Kier molecular flexibility index (Phi) is 3.91. The highest BCUT2D eigenvalue weighted by Gasteiger charge is 2.31. The average molecular weight is 267 g/mol. The number of rotatable bonds is 3. The summed E-state index contributed by atoms with van der Waals surface area (Å²) in [6, 6.07) is 0.152. The summed E-state index contributed by atoms with van der Waals surface area (Å²) in [5.41, 5.74) is 3.32. The second-order valence-electron chi connectivity index (χ2n) is 5.08. The normalized spacial score (nSPS) is 22.4. The van der Waals surface area contributed by atoms with Crippen molar-refractivity contribution in [2.75, 3.05) is 19.7 Å². The number of carbonyl (C=O) groups is 1. The molecule has 2 rings (SSSR count). The predicted molar refractivity (Wildman–Crippen MR) is 70.0 cm³/mol. The van der Waals surface area contributed by atoms with Gasteiger partial charge in [0.05, 0.1) is 12.3 Å². The number of hydrogen-bond acceptors (Lipinski definition) is 4. The lowest BCUT2D eigenvalue weighted by atomic mass is 10.0. The fourth-order valence-corrected chi connectivity index (χ4v) is 2.75. The Morgan fingerprint density at radius 1 is 1.53 bits per heavy atom. The quantitative estimate of drug-likeness (QED) is 0.880. The summed E-state index contributed by atoms with van der Waals surface area (Å²) in [5, 5.41) is 13.5. The van der Waals surface area contributed by atoms with Gasteiger partial charge in [0.2, 0.25) is 0 Å². The minimum Gasteiger partial charge on any atom is -0.479 e. The Labute approximate surface area is 113 Å². The van der Waals surface area contributed by atoms with E-state index in [2.05, 4.69) is 16.9 Å². The molecule has 0 bridgehead atoms. The summed E-state index contributed by atoms with van der Waals surface area (Å²) < 4.78 is 7.13. The van der Waals surface area contributed by atoms with Crippen molar-refractivity contribution in [2.24, 2.45) is 7.05 Å². The summed E-state index contributed by atoms with van der Waals surface area (Å²) in [5.74, 6) is -0.892. The Balaban J connectivity index is 2.19. The standard InChI is InChI=1S/C13H21N3O3/c1-8-12(9(2)15(4)14-8)10(3)16-5-6-19-11(7-16)13(17)18/h10-11H,5-7H2,1-4H3,(H,17,18). The van der Waals surface area contributed by atoms with Crippen molar-refractivity contribution >= 4 is 5.97 Å². The van der Waals surface area contributed by atoms with Crippen LogP contribution in [0, 0.1) is 13.8 Å². The van der Waals surface area contributed by atoms with Gasteiger partial charge in [-0.1, -0.05) is 0 Å². The van der Waals surface area contributed by atoms with Crippen LogP contribution in [0.5, 0.6) is 0 Å². The van der Waals surface area contributed by atoms with Gasteiger partial charge in [-0.05, 0) is 20.8 Å². The average Bonchev–Trinajstić information content (AvgIpc) is 2.62. The van der Waals surface area contributed by atoms with Crippen LogP contribution < -0.4 is 0 Å². The van der Waals surface area contributed by atoms with Gasteiger partial charge in [-0.2, -0.15) is 5.10 Å². The van der Waals surface area contributed by atoms with Crippen molar-refractivity contribution in [1.82, 2.24) is 14.7 Å². The zero-order chi connectivity index (χ0) is 14.2. The third-order valence-electron chi connectivity index (χ3n) is 3.90. The molecule has 1 aromatic heterocycles. The van der Waals surface area contributed by atoms with E-state index >= 15 is 0 Å². The minimum absolute atomic E-state index is 0.152. The second kappa shape index (κ2) is 5.30. The molecule has 1 fully saturated rings. The van der Waals surface area contributed by atoms with Crippen molar-refractivity contribution in [3.63, 3.8) is 0 Å². The number of carboxylic acid groups (broad SMARTS) is 1. The predicted octanol–water partition coefficient (Wildman–Crippen LogP) is 0.883. The van der Waals surface area contributed by atoms with E-state index < -0.39 is 12.1 Å². The Hall–Kier alpha value is -1.40. The molecule has 0 aromatic carbocycles. The lowest BCUT2D eigenvalue weighted by Gasteiger charge is -2.35. The first kappa shape index (κ1) is 14.0. The molecule has 0 saturated carbocycles. The lowest BCUT2D eigenvalue weighted by Crippen LogP contribution is -2.47. The van der Waals surface area contributed by atoms with Crippen LogP contribution in [0.1, 0.15) is 29.9 Å². The highest BCUT2D eigenvalue weighted by atomic mass is 16.5. The molecule has 0 aliphatic carbocycles. The molecular formula is C13H21N3O3. The van der Waals surface area contributed by atoms with E-state index in [1.807, 2.05) is 25.6 Å². The van der Waals surface area contributed by atoms with E-state index in [1.54, 1.807) is 0 Å². The molecule has 1 N–H and O–H groups in total. The summed E-state index contributed by atoms with van der Waals surface area (Å²) >= 11 is 0.